The van der Waals surface area contributed by atoms with E-state index in [-0.39, 0.29) is 30.5 Å². The average Bonchev–Trinajstić information content (AvgIpc) is 3.03. The van der Waals surface area contributed by atoms with Gasteiger partial charge in [0, 0.05) is 52.0 Å². The Morgan fingerprint density at radius 1 is 0.930 bits per heavy atom. The zero-order chi connectivity index (χ0) is 30.2. The van der Waals surface area contributed by atoms with E-state index in [1.54, 1.807) is 29.3 Å². The number of nitrogens with zero attached hydrogens (tertiary/aromatic N) is 4. The highest BCUT2D eigenvalue weighted by atomic mass is 19.1. The fourth-order valence-electron chi connectivity index (χ4n) is 5.28. The standard InChI is InChI=1S/C30H37FN6O6/c31-23-4-2-21(3-5-23)18-22-19-24-26(34-20-22)27(38)25(28(39)32-6-1-8-35-10-14-42-15-11-35)29(40)37(24)9-7-33-30(41)36-12-16-43-17-13-36/h2-5,19-20,38H,1,6-18H2,(H,32,39)(H,33,41). The van der Waals surface area contributed by atoms with Crippen molar-refractivity contribution in [2.45, 2.75) is 19.4 Å². The van der Waals surface area contributed by atoms with Crippen LogP contribution in [-0.4, -0.2) is 109 Å². The Morgan fingerprint density at radius 2 is 1.63 bits per heavy atom. The number of amides is 3. The molecule has 3 amide bonds. The van der Waals surface area contributed by atoms with Gasteiger partial charge in [0.15, 0.2) is 5.75 Å². The lowest BCUT2D eigenvalue weighted by atomic mass is 10.1. The van der Waals surface area contributed by atoms with Crippen LogP contribution in [0, 0.1) is 5.82 Å². The van der Waals surface area contributed by atoms with Crippen LogP contribution in [0.2, 0.25) is 0 Å². The largest absolute Gasteiger partial charge is 0.505 e. The van der Waals surface area contributed by atoms with Gasteiger partial charge in [0.2, 0.25) is 0 Å². The number of halogens is 1. The summed E-state index contributed by atoms with van der Waals surface area (Å²) in [7, 11) is 0. The van der Waals surface area contributed by atoms with Gasteiger partial charge in [0.1, 0.15) is 16.9 Å². The van der Waals surface area contributed by atoms with Gasteiger partial charge in [-0.3, -0.25) is 19.5 Å². The molecule has 4 heterocycles. The van der Waals surface area contributed by atoms with Crippen LogP contribution in [0.3, 0.4) is 0 Å². The first-order valence-corrected chi connectivity index (χ1v) is 14.6. The van der Waals surface area contributed by atoms with Crippen LogP contribution in [-0.2, 0) is 22.4 Å². The molecule has 1 aromatic carbocycles. The Labute approximate surface area is 248 Å². The number of fused-ring (bicyclic) bond motifs is 1. The molecule has 3 aromatic rings. The summed E-state index contributed by atoms with van der Waals surface area (Å²) in [5.41, 5.74) is 0.914. The van der Waals surface area contributed by atoms with E-state index in [9.17, 15) is 23.9 Å². The highest BCUT2D eigenvalue weighted by Gasteiger charge is 2.24. The SMILES string of the molecule is O=C(NCCCN1CCOCC1)c1c(O)c2ncc(Cc3ccc(F)cc3)cc2n(CCNC(=O)N2CCOCC2)c1=O. The Kier molecular flexibility index (Phi) is 10.2. The number of carbonyl (C=O) groups excluding carboxylic acids is 2. The second-order valence-electron chi connectivity index (χ2n) is 10.6. The molecule has 2 aliphatic heterocycles. The predicted octanol–water partition coefficient (Wildman–Crippen LogP) is 1.33. The summed E-state index contributed by atoms with van der Waals surface area (Å²) in [6.45, 7) is 6.16. The minimum Gasteiger partial charge on any atom is -0.505 e. The maximum absolute atomic E-state index is 13.7. The number of hydrogen-bond acceptors (Lipinski definition) is 8. The normalized spacial score (nSPS) is 15.9. The second kappa shape index (κ2) is 14.4. The minimum atomic E-state index is -0.685. The lowest BCUT2D eigenvalue weighted by Gasteiger charge is -2.27. The van der Waals surface area contributed by atoms with Crippen LogP contribution in [0.1, 0.15) is 27.9 Å². The van der Waals surface area contributed by atoms with E-state index in [2.05, 4.69) is 20.5 Å². The molecule has 43 heavy (non-hydrogen) atoms. The molecule has 0 radical (unpaired) electrons. The summed E-state index contributed by atoms with van der Waals surface area (Å²) >= 11 is 0. The highest BCUT2D eigenvalue weighted by Crippen LogP contribution is 2.26. The molecule has 2 aliphatic rings. The smallest absolute Gasteiger partial charge is 0.317 e. The molecule has 0 spiro atoms. The first-order valence-electron chi connectivity index (χ1n) is 14.6. The monoisotopic (exact) mass is 596 g/mol. The van der Waals surface area contributed by atoms with E-state index in [4.69, 9.17) is 9.47 Å². The van der Waals surface area contributed by atoms with Crippen molar-refractivity contribution in [3.05, 3.63) is 69.4 Å². The molecule has 230 valence electrons. The number of aromatic hydroxyl groups is 1. The van der Waals surface area contributed by atoms with Crippen molar-refractivity contribution in [2.24, 2.45) is 0 Å². The van der Waals surface area contributed by atoms with E-state index >= 15 is 0 Å². The van der Waals surface area contributed by atoms with Crippen LogP contribution < -0.4 is 16.2 Å². The third kappa shape index (κ3) is 7.66. The maximum Gasteiger partial charge on any atom is 0.317 e. The van der Waals surface area contributed by atoms with E-state index in [1.165, 1.54) is 16.7 Å². The van der Waals surface area contributed by atoms with Gasteiger partial charge in [0.05, 0.1) is 31.9 Å². The number of urea groups is 1. The second-order valence-corrected chi connectivity index (χ2v) is 10.6. The Bertz CT molecular complexity index is 1490. The fourth-order valence-corrected chi connectivity index (χ4v) is 5.28. The molecule has 2 fully saturated rings. The number of aromatic nitrogens is 2. The van der Waals surface area contributed by atoms with Crippen molar-refractivity contribution in [1.82, 2.24) is 30.0 Å². The minimum absolute atomic E-state index is 0.0463. The van der Waals surface area contributed by atoms with Crippen molar-refractivity contribution >= 4 is 23.0 Å². The molecule has 0 unspecified atom stereocenters. The zero-order valence-electron chi connectivity index (χ0n) is 24.0. The Hall–Kier alpha value is -4.07. The van der Waals surface area contributed by atoms with Gasteiger partial charge in [-0.15, -0.1) is 0 Å². The highest BCUT2D eigenvalue weighted by molar-refractivity contribution is 6.01. The summed E-state index contributed by atoms with van der Waals surface area (Å²) < 4.78 is 25.4. The van der Waals surface area contributed by atoms with Crippen LogP contribution in [0.15, 0.2) is 41.3 Å². The van der Waals surface area contributed by atoms with Gasteiger partial charge in [-0.1, -0.05) is 12.1 Å². The molecule has 0 atom stereocenters. The third-order valence-electron chi connectivity index (χ3n) is 7.63. The zero-order valence-corrected chi connectivity index (χ0v) is 24.0. The number of ether oxygens (including phenoxy) is 2. The lowest BCUT2D eigenvalue weighted by Crippen LogP contribution is -2.47. The lowest BCUT2D eigenvalue weighted by molar-refractivity contribution is 0.0374. The Morgan fingerprint density at radius 3 is 2.35 bits per heavy atom. The van der Waals surface area contributed by atoms with E-state index in [1.807, 2.05) is 0 Å². The van der Waals surface area contributed by atoms with Crippen molar-refractivity contribution < 1.29 is 28.6 Å². The molecule has 0 bridgehead atoms. The third-order valence-corrected chi connectivity index (χ3v) is 7.63. The number of morpholine rings is 2. The fraction of sp³-hybridized carbons (Fsp3) is 0.467. The molecule has 2 saturated heterocycles. The number of nitrogens with one attached hydrogen (secondary N) is 2. The summed E-state index contributed by atoms with van der Waals surface area (Å²) in [4.78, 5) is 47.8. The van der Waals surface area contributed by atoms with Crippen molar-refractivity contribution in [2.75, 3.05) is 72.2 Å². The number of hydrogen-bond donors (Lipinski definition) is 3. The van der Waals surface area contributed by atoms with Crippen molar-refractivity contribution in [1.29, 1.82) is 0 Å². The van der Waals surface area contributed by atoms with E-state index in [0.29, 0.717) is 64.4 Å². The van der Waals surface area contributed by atoms with Gasteiger partial charge >= 0.3 is 6.03 Å². The van der Waals surface area contributed by atoms with Crippen molar-refractivity contribution in [3.63, 3.8) is 0 Å². The first kappa shape index (κ1) is 30.4. The number of pyridine rings is 2. The molecular weight excluding hydrogens is 559 g/mol. The van der Waals surface area contributed by atoms with Gasteiger partial charge in [-0.2, -0.15) is 0 Å². The molecule has 0 saturated carbocycles. The number of rotatable bonds is 10. The first-order chi connectivity index (χ1) is 20.9. The maximum atomic E-state index is 13.7. The summed E-state index contributed by atoms with van der Waals surface area (Å²) in [5.74, 6) is -1.52. The average molecular weight is 597 g/mol. The van der Waals surface area contributed by atoms with Gasteiger partial charge < -0.3 is 34.7 Å². The van der Waals surface area contributed by atoms with Gasteiger partial charge in [-0.25, -0.2) is 9.18 Å². The van der Waals surface area contributed by atoms with Crippen LogP contribution >= 0.6 is 0 Å². The van der Waals surface area contributed by atoms with Crippen LogP contribution in [0.25, 0.3) is 11.0 Å². The molecule has 13 heteroatoms. The summed E-state index contributed by atoms with van der Waals surface area (Å²) in [6.07, 6.45) is 2.65. The number of benzene rings is 1. The van der Waals surface area contributed by atoms with E-state index < -0.39 is 22.8 Å². The number of carbonyl (C=O) groups is 2. The van der Waals surface area contributed by atoms with Crippen LogP contribution in [0.5, 0.6) is 5.75 Å². The predicted molar refractivity (Wildman–Crippen MR) is 157 cm³/mol. The molecule has 2 aromatic heterocycles. The Balaban J connectivity index is 1.37. The van der Waals surface area contributed by atoms with Gasteiger partial charge in [0.25, 0.3) is 11.5 Å². The molecular formula is C30H37FN6O6. The summed E-state index contributed by atoms with van der Waals surface area (Å²) in [6, 6.07) is 7.52. The van der Waals surface area contributed by atoms with Crippen LogP contribution in [0.4, 0.5) is 9.18 Å². The van der Waals surface area contributed by atoms with E-state index in [0.717, 1.165) is 30.8 Å². The molecule has 3 N–H and O–H groups in total. The molecule has 5 rings (SSSR count). The van der Waals surface area contributed by atoms with Gasteiger partial charge in [-0.05, 0) is 48.7 Å². The molecule has 12 nitrogen and oxygen atoms in total. The quantitative estimate of drug-likeness (QED) is 0.298. The molecule has 0 aliphatic carbocycles. The van der Waals surface area contributed by atoms with Crippen molar-refractivity contribution in [3.8, 4) is 5.75 Å². The summed E-state index contributed by atoms with van der Waals surface area (Å²) in [5, 5.41) is 16.7. The topological polar surface area (TPSA) is 138 Å².